The number of rotatable bonds is 5. The van der Waals surface area contributed by atoms with Crippen LogP contribution in [0.1, 0.15) is 20.3 Å². The van der Waals surface area contributed by atoms with E-state index in [2.05, 4.69) is 23.7 Å². The number of nitrogens with zero attached hydrogens (tertiary/aromatic N) is 2. The van der Waals surface area contributed by atoms with Gasteiger partial charge in [-0.05, 0) is 43.9 Å². The fraction of sp³-hybridized carbons (Fsp3) is 0.400. The number of phenolic OH excluding ortho intramolecular Hbond substituents is 1. The van der Waals surface area contributed by atoms with Crippen LogP contribution in [-0.4, -0.2) is 28.6 Å². The largest absolute Gasteiger partial charge is 0.508 e. The van der Waals surface area contributed by atoms with Crippen LogP contribution in [0.2, 0.25) is 0 Å². The van der Waals surface area contributed by atoms with E-state index < -0.39 is 0 Å². The van der Waals surface area contributed by atoms with Crippen LogP contribution in [0.15, 0.2) is 30.5 Å². The second kappa shape index (κ2) is 6.11. The van der Waals surface area contributed by atoms with Crippen molar-refractivity contribution in [1.29, 1.82) is 0 Å². The van der Waals surface area contributed by atoms with Gasteiger partial charge in [0.1, 0.15) is 11.6 Å². The molecule has 0 aliphatic carbocycles. The number of hydrogen-bond acceptors (Lipinski definition) is 3. The molecule has 0 amide bonds. The van der Waals surface area contributed by atoms with Gasteiger partial charge in [0.25, 0.3) is 0 Å². The highest BCUT2D eigenvalue weighted by atomic mass is 35.5. The number of benzene rings is 1. The first-order valence-electron chi connectivity index (χ1n) is 6.54. The Kier molecular flexibility index (Phi) is 4.48. The zero-order chi connectivity index (χ0) is 13.8. The van der Waals surface area contributed by atoms with Gasteiger partial charge in [0.05, 0.1) is 0 Å². The van der Waals surface area contributed by atoms with Crippen LogP contribution < -0.4 is 4.90 Å². The van der Waals surface area contributed by atoms with Crippen molar-refractivity contribution >= 4 is 28.2 Å². The van der Waals surface area contributed by atoms with Crippen molar-refractivity contribution in [1.82, 2.24) is 4.98 Å². The first kappa shape index (κ1) is 13.9. The van der Waals surface area contributed by atoms with E-state index in [4.69, 9.17) is 11.6 Å². The molecule has 0 atom stereocenters. The lowest BCUT2D eigenvalue weighted by atomic mass is 10.1. The Morgan fingerprint density at radius 1 is 1.32 bits per heavy atom. The average Bonchev–Trinajstić information content (AvgIpc) is 2.39. The molecule has 0 saturated carbocycles. The number of alkyl halides is 1. The fourth-order valence-corrected chi connectivity index (χ4v) is 2.33. The summed E-state index contributed by atoms with van der Waals surface area (Å²) in [6.45, 7) is 5.14. The summed E-state index contributed by atoms with van der Waals surface area (Å²) < 4.78 is 0. The molecule has 2 aromatic rings. The molecule has 4 heteroatoms. The lowest BCUT2D eigenvalue weighted by Gasteiger charge is -2.28. The minimum absolute atomic E-state index is 0.266. The number of phenols is 1. The molecular formula is C15H19ClN2O. The van der Waals surface area contributed by atoms with Gasteiger partial charge in [0.15, 0.2) is 0 Å². The average molecular weight is 279 g/mol. The van der Waals surface area contributed by atoms with Crippen molar-refractivity contribution in [2.75, 3.05) is 17.3 Å². The maximum absolute atomic E-state index is 9.68. The lowest BCUT2D eigenvalue weighted by molar-refractivity contribution is 0.476. The molecule has 1 aromatic heterocycles. The van der Waals surface area contributed by atoms with Gasteiger partial charge in [-0.15, -0.1) is 11.6 Å². The van der Waals surface area contributed by atoms with Gasteiger partial charge in [-0.25, -0.2) is 4.98 Å². The third-order valence-corrected chi connectivity index (χ3v) is 3.42. The molecule has 0 aliphatic heterocycles. The van der Waals surface area contributed by atoms with E-state index in [1.54, 1.807) is 12.1 Å². The number of aromatic nitrogens is 1. The molecule has 1 heterocycles. The SMILES string of the molecule is CC(C)N(CCCCl)c1nccc2ccc(O)cc12. The number of aromatic hydroxyl groups is 1. The molecule has 102 valence electrons. The Morgan fingerprint density at radius 2 is 2.11 bits per heavy atom. The van der Waals surface area contributed by atoms with E-state index >= 15 is 0 Å². The van der Waals surface area contributed by atoms with Crippen LogP contribution >= 0.6 is 11.6 Å². The number of anilines is 1. The van der Waals surface area contributed by atoms with Gasteiger partial charge in [-0.2, -0.15) is 0 Å². The molecule has 2 rings (SSSR count). The predicted octanol–water partition coefficient (Wildman–Crippen LogP) is 3.78. The summed E-state index contributed by atoms with van der Waals surface area (Å²) in [5.41, 5.74) is 0. The topological polar surface area (TPSA) is 36.4 Å². The minimum Gasteiger partial charge on any atom is -0.508 e. The Labute approximate surface area is 118 Å². The Bertz CT molecular complexity index is 557. The summed E-state index contributed by atoms with van der Waals surface area (Å²) in [6, 6.07) is 7.68. The van der Waals surface area contributed by atoms with Gasteiger partial charge in [-0.1, -0.05) is 6.07 Å². The van der Waals surface area contributed by atoms with Crippen molar-refractivity contribution in [2.24, 2.45) is 0 Å². The maximum atomic E-state index is 9.68. The lowest BCUT2D eigenvalue weighted by Crippen LogP contribution is -2.32. The number of halogens is 1. The monoisotopic (exact) mass is 278 g/mol. The van der Waals surface area contributed by atoms with Crippen molar-refractivity contribution in [3.63, 3.8) is 0 Å². The highest BCUT2D eigenvalue weighted by Gasteiger charge is 2.14. The van der Waals surface area contributed by atoms with Crippen molar-refractivity contribution in [2.45, 2.75) is 26.3 Å². The van der Waals surface area contributed by atoms with E-state index in [9.17, 15) is 5.11 Å². The van der Waals surface area contributed by atoms with Crippen molar-refractivity contribution < 1.29 is 5.11 Å². The molecule has 1 aromatic carbocycles. The van der Waals surface area contributed by atoms with Gasteiger partial charge in [0, 0.05) is 30.0 Å². The summed E-state index contributed by atoms with van der Waals surface area (Å²) in [7, 11) is 0. The van der Waals surface area contributed by atoms with E-state index in [0.717, 1.165) is 29.6 Å². The molecule has 0 bridgehead atoms. The highest BCUT2D eigenvalue weighted by molar-refractivity contribution is 6.17. The van der Waals surface area contributed by atoms with Gasteiger partial charge in [0.2, 0.25) is 0 Å². The summed E-state index contributed by atoms with van der Waals surface area (Å²) >= 11 is 5.79. The van der Waals surface area contributed by atoms with Crippen molar-refractivity contribution in [3.05, 3.63) is 30.5 Å². The molecule has 0 spiro atoms. The van der Waals surface area contributed by atoms with E-state index in [1.165, 1.54) is 0 Å². The van der Waals surface area contributed by atoms with E-state index in [0.29, 0.717) is 11.9 Å². The third kappa shape index (κ3) is 3.10. The number of fused-ring (bicyclic) bond motifs is 1. The maximum Gasteiger partial charge on any atom is 0.136 e. The second-order valence-electron chi connectivity index (χ2n) is 4.87. The fourth-order valence-electron chi connectivity index (χ4n) is 2.21. The molecule has 0 aliphatic rings. The molecule has 0 unspecified atom stereocenters. The molecule has 0 radical (unpaired) electrons. The molecular weight excluding hydrogens is 260 g/mol. The normalized spacial score (nSPS) is 11.2. The van der Waals surface area contributed by atoms with Crippen LogP contribution in [-0.2, 0) is 0 Å². The Balaban J connectivity index is 2.49. The van der Waals surface area contributed by atoms with Crippen LogP contribution in [0.3, 0.4) is 0 Å². The van der Waals surface area contributed by atoms with Crippen LogP contribution in [0, 0.1) is 0 Å². The summed E-state index contributed by atoms with van der Waals surface area (Å²) in [5, 5.41) is 11.7. The van der Waals surface area contributed by atoms with Crippen molar-refractivity contribution in [3.8, 4) is 5.75 Å². The highest BCUT2D eigenvalue weighted by Crippen LogP contribution is 2.28. The smallest absolute Gasteiger partial charge is 0.136 e. The van der Waals surface area contributed by atoms with Crippen LogP contribution in [0.4, 0.5) is 5.82 Å². The van der Waals surface area contributed by atoms with Crippen LogP contribution in [0.5, 0.6) is 5.75 Å². The van der Waals surface area contributed by atoms with E-state index in [-0.39, 0.29) is 5.75 Å². The number of hydrogen-bond donors (Lipinski definition) is 1. The quantitative estimate of drug-likeness (QED) is 0.846. The van der Waals surface area contributed by atoms with Gasteiger partial charge >= 0.3 is 0 Å². The third-order valence-electron chi connectivity index (χ3n) is 3.16. The van der Waals surface area contributed by atoms with Gasteiger partial charge in [-0.3, -0.25) is 0 Å². The molecule has 19 heavy (non-hydrogen) atoms. The zero-order valence-corrected chi connectivity index (χ0v) is 12.1. The minimum atomic E-state index is 0.266. The molecule has 0 saturated heterocycles. The summed E-state index contributed by atoms with van der Waals surface area (Å²) in [6.07, 6.45) is 2.72. The van der Waals surface area contributed by atoms with E-state index in [1.807, 2.05) is 18.3 Å². The van der Waals surface area contributed by atoms with Crippen LogP contribution in [0.25, 0.3) is 10.8 Å². The first-order chi connectivity index (χ1) is 9.13. The molecule has 1 N–H and O–H groups in total. The summed E-state index contributed by atoms with van der Waals surface area (Å²) in [4.78, 5) is 6.72. The zero-order valence-electron chi connectivity index (χ0n) is 11.3. The molecule has 3 nitrogen and oxygen atoms in total. The Morgan fingerprint density at radius 3 is 2.79 bits per heavy atom. The standard InChI is InChI=1S/C15H19ClN2O/c1-11(2)18(9-3-7-16)15-14-10-13(19)5-4-12(14)6-8-17-15/h4-6,8,10-11,19H,3,7,9H2,1-2H3. The number of pyridine rings is 1. The summed E-state index contributed by atoms with van der Waals surface area (Å²) in [5.74, 6) is 1.82. The molecule has 0 fully saturated rings. The second-order valence-corrected chi connectivity index (χ2v) is 5.25. The first-order valence-corrected chi connectivity index (χ1v) is 7.07. The predicted molar refractivity (Wildman–Crippen MR) is 81.2 cm³/mol. The van der Waals surface area contributed by atoms with Gasteiger partial charge < -0.3 is 10.0 Å². The Hall–Kier alpha value is -1.48.